The van der Waals surface area contributed by atoms with Crippen LogP contribution in [0, 0.1) is 0 Å². The third kappa shape index (κ3) is 4.43. The van der Waals surface area contributed by atoms with Gasteiger partial charge in [-0.2, -0.15) is 0 Å². The van der Waals surface area contributed by atoms with Gasteiger partial charge in [-0.15, -0.1) is 0 Å². The number of hydrogen-bond donors (Lipinski definition) is 3. The minimum atomic E-state index is -0.556. The second-order valence-electron chi connectivity index (χ2n) is 6.23. The molecule has 24 heavy (non-hydrogen) atoms. The Morgan fingerprint density at radius 1 is 1.21 bits per heavy atom. The van der Waals surface area contributed by atoms with E-state index >= 15 is 0 Å². The van der Waals surface area contributed by atoms with Gasteiger partial charge in [0.15, 0.2) is 0 Å². The van der Waals surface area contributed by atoms with Crippen LogP contribution in [-0.2, 0) is 0 Å². The van der Waals surface area contributed by atoms with Crippen LogP contribution in [0.15, 0.2) is 36.5 Å². The van der Waals surface area contributed by atoms with Crippen LogP contribution < -0.4 is 10.6 Å². The molecule has 0 aliphatic carbocycles. The van der Waals surface area contributed by atoms with Crippen molar-refractivity contribution >= 4 is 22.6 Å². The summed E-state index contributed by atoms with van der Waals surface area (Å²) in [6.45, 7) is 2.91. The molecule has 1 aromatic carbocycles. The molecule has 0 unspecified atom stereocenters. The number of amides is 2. The highest BCUT2D eigenvalue weighted by atomic mass is 16.3. The second-order valence-corrected chi connectivity index (χ2v) is 6.23. The summed E-state index contributed by atoms with van der Waals surface area (Å²) in [6, 6.07) is 9.14. The molecular formula is C18H24N4O2. The van der Waals surface area contributed by atoms with Crippen LogP contribution >= 0.6 is 0 Å². The molecule has 128 valence electrons. The first-order valence-electron chi connectivity index (χ1n) is 8.51. The number of para-hydroxylation sites is 1. The van der Waals surface area contributed by atoms with Gasteiger partial charge in [0.05, 0.1) is 17.3 Å². The molecule has 6 nitrogen and oxygen atoms in total. The number of anilines is 1. The predicted octanol–water partition coefficient (Wildman–Crippen LogP) is 2.20. The lowest BCUT2D eigenvalue weighted by molar-refractivity contribution is 0.102. The molecule has 0 spiro atoms. The number of carbonyl (C=O) groups is 1. The molecule has 0 saturated carbocycles. The lowest BCUT2D eigenvalue weighted by Crippen LogP contribution is -2.43. The number of aliphatic hydroxyl groups excluding tert-OH is 1. The van der Waals surface area contributed by atoms with E-state index in [1.54, 1.807) is 6.20 Å². The topological polar surface area (TPSA) is 77.5 Å². The van der Waals surface area contributed by atoms with Crippen molar-refractivity contribution < 1.29 is 9.90 Å². The number of urea groups is 1. The Morgan fingerprint density at radius 2 is 2.00 bits per heavy atom. The van der Waals surface area contributed by atoms with Crippen LogP contribution in [0.2, 0.25) is 0 Å². The van der Waals surface area contributed by atoms with Gasteiger partial charge < -0.3 is 20.6 Å². The summed E-state index contributed by atoms with van der Waals surface area (Å²) in [6.07, 6.45) is 4.79. The predicted molar refractivity (Wildman–Crippen MR) is 95.1 cm³/mol. The van der Waals surface area contributed by atoms with Crippen LogP contribution in [-0.4, -0.2) is 53.3 Å². The Hall–Kier alpha value is -2.18. The molecule has 3 N–H and O–H groups in total. The fourth-order valence-electron chi connectivity index (χ4n) is 3.09. The van der Waals surface area contributed by atoms with Crippen molar-refractivity contribution in [3.63, 3.8) is 0 Å². The molecule has 6 heteroatoms. The van der Waals surface area contributed by atoms with Crippen LogP contribution in [0.3, 0.4) is 0 Å². The van der Waals surface area contributed by atoms with Gasteiger partial charge >= 0.3 is 6.03 Å². The number of β-amino-alcohol motifs (C(OH)–C–C–N with tert-alkyl or cyclic N) is 1. The van der Waals surface area contributed by atoms with Crippen molar-refractivity contribution in [2.24, 2.45) is 0 Å². The molecule has 1 aromatic heterocycles. The van der Waals surface area contributed by atoms with E-state index in [1.807, 2.05) is 30.3 Å². The van der Waals surface area contributed by atoms with Gasteiger partial charge in [-0.25, -0.2) is 4.79 Å². The number of pyridine rings is 1. The molecule has 1 saturated heterocycles. The Bertz CT molecular complexity index is 680. The van der Waals surface area contributed by atoms with E-state index in [0.29, 0.717) is 12.2 Å². The number of nitrogens with one attached hydrogen (secondary N) is 2. The zero-order chi connectivity index (χ0) is 16.8. The van der Waals surface area contributed by atoms with E-state index in [2.05, 4.69) is 20.5 Å². The van der Waals surface area contributed by atoms with Gasteiger partial charge in [0.25, 0.3) is 0 Å². The van der Waals surface area contributed by atoms with Gasteiger partial charge in [-0.1, -0.05) is 24.6 Å². The number of carbonyl (C=O) groups excluding carboxylic acids is 1. The maximum atomic E-state index is 12.1. The molecule has 2 heterocycles. The van der Waals surface area contributed by atoms with Crippen LogP contribution in [0.25, 0.3) is 10.9 Å². The van der Waals surface area contributed by atoms with Gasteiger partial charge in [0, 0.05) is 24.7 Å². The zero-order valence-corrected chi connectivity index (χ0v) is 13.7. The lowest BCUT2D eigenvalue weighted by Gasteiger charge is -2.28. The lowest BCUT2D eigenvalue weighted by atomic mass is 10.1. The normalized spacial score (nSPS) is 16.7. The summed E-state index contributed by atoms with van der Waals surface area (Å²) in [4.78, 5) is 18.6. The quantitative estimate of drug-likeness (QED) is 0.786. The third-order valence-corrected chi connectivity index (χ3v) is 4.30. The monoisotopic (exact) mass is 328 g/mol. The first-order chi connectivity index (χ1) is 11.7. The number of nitrogens with zero attached hydrogens (tertiary/aromatic N) is 2. The van der Waals surface area contributed by atoms with E-state index in [9.17, 15) is 9.90 Å². The molecule has 1 aliphatic heterocycles. The summed E-state index contributed by atoms with van der Waals surface area (Å²) in [5.41, 5.74) is 1.42. The highest BCUT2D eigenvalue weighted by molar-refractivity contribution is 5.99. The van der Waals surface area contributed by atoms with E-state index in [1.165, 1.54) is 19.3 Å². The minimum absolute atomic E-state index is 0.237. The zero-order valence-electron chi connectivity index (χ0n) is 13.7. The SMILES string of the molecule is O=C(NC[C@H](O)CN1CCCCC1)Nc1cccc2cccnc12. The number of benzene rings is 1. The molecule has 0 bridgehead atoms. The maximum absolute atomic E-state index is 12.1. The average Bonchev–Trinajstić information content (AvgIpc) is 2.61. The smallest absolute Gasteiger partial charge is 0.319 e. The van der Waals surface area contributed by atoms with Crippen LogP contribution in [0.4, 0.5) is 10.5 Å². The Labute approximate surface area is 141 Å². The largest absolute Gasteiger partial charge is 0.390 e. The summed E-state index contributed by atoms with van der Waals surface area (Å²) >= 11 is 0. The number of aromatic nitrogens is 1. The highest BCUT2D eigenvalue weighted by Gasteiger charge is 2.15. The number of rotatable bonds is 5. The molecule has 3 rings (SSSR count). The molecule has 2 aromatic rings. The number of aliphatic hydroxyl groups is 1. The Kier molecular flexibility index (Phi) is 5.61. The fraction of sp³-hybridized carbons (Fsp3) is 0.444. The number of likely N-dealkylation sites (tertiary alicyclic amines) is 1. The summed E-state index contributed by atoms with van der Waals surface area (Å²) in [7, 11) is 0. The molecule has 1 fully saturated rings. The van der Waals surface area contributed by atoms with Crippen molar-refractivity contribution in [1.82, 2.24) is 15.2 Å². The average molecular weight is 328 g/mol. The van der Waals surface area contributed by atoms with E-state index in [4.69, 9.17) is 0 Å². The molecule has 2 amide bonds. The minimum Gasteiger partial charge on any atom is -0.390 e. The van der Waals surface area contributed by atoms with Gasteiger partial charge in [0.2, 0.25) is 0 Å². The van der Waals surface area contributed by atoms with Gasteiger partial charge in [-0.3, -0.25) is 4.98 Å². The number of hydrogen-bond acceptors (Lipinski definition) is 4. The molecule has 0 radical (unpaired) electrons. The van der Waals surface area contributed by atoms with Crippen molar-refractivity contribution in [1.29, 1.82) is 0 Å². The first-order valence-corrected chi connectivity index (χ1v) is 8.51. The Morgan fingerprint density at radius 3 is 2.83 bits per heavy atom. The first kappa shape index (κ1) is 16.7. The van der Waals surface area contributed by atoms with Crippen LogP contribution in [0.5, 0.6) is 0 Å². The van der Waals surface area contributed by atoms with Crippen molar-refractivity contribution in [2.45, 2.75) is 25.4 Å². The van der Waals surface area contributed by atoms with Gasteiger partial charge in [0.1, 0.15) is 0 Å². The number of piperidine rings is 1. The van der Waals surface area contributed by atoms with E-state index < -0.39 is 6.10 Å². The summed E-state index contributed by atoms with van der Waals surface area (Å²) < 4.78 is 0. The molecular weight excluding hydrogens is 304 g/mol. The summed E-state index contributed by atoms with van der Waals surface area (Å²) in [5.74, 6) is 0. The van der Waals surface area contributed by atoms with Crippen LogP contribution in [0.1, 0.15) is 19.3 Å². The number of fused-ring (bicyclic) bond motifs is 1. The van der Waals surface area contributed by atoms with Crippen molar-refractivity contribution in [3.8, 4) is 0 Å². The summed E-state index contributed by atoms with van der Waals surface area (Å²) in [5, 5.41) is 16.6. The molecule has 1 atom stereocenters. The van der Waals surface area contributed by atoms with Gasteiger partial charge in [-0.05, 0) is 38.1 Å². The maximum Gasteiger partial charge on any atom is 0.319 e. The van der Waals surface area contributed by atoms with Crippen molar-refractivity contribution in [2.75, 3.05) is 31.5 Å². The Balaban J connectivity index is 1.50. The third-order valence-electron chi connectivity index (χ3n) is 4.30. The second kappa shape index (κ2) is 8.08. The van der Waals surface area contributed by atoms with E-state index in [0.717, 1.165) is 24.0 Å². The fourth-order valence-corrected chi connectivity index (χ4v) is 3.09. The highest BCUT2D eigenvalue weighted by Crippen LogP contribution is 2.20. The van der Waals surface area contributed by atoms with Crippen molar-refractivity contribution in [3.05, 3.63) is 36.5 Å². The van der Waals surface area contributed by atoms with E-state index in [-0.39, 0.29) is 12.6 Å². The molecule has 1 aliphatic rings. The standard InChI is InChI=1S/C18H24N4O2/c23-15(13-22-10-2-1-3-11-22)12-20-18(24)21-16-8-4-6-14-7-5-9-19-17(14)16/h4-9,15,23H,1-3,10-13H2,(H2,20,21,24)/t15-/m0/s1.